The highest BCUT2D eigenvalue weighted by atomic mass is 16.2. The zero-order chi connectivity index (χ0) is 20.4. The van der Waals surface area contributed by atoms with Crippen LogP contribution >= 0.6 is 0 Å². The second kappa shape index (κ2) is 8.29. The van der Waals surface area contributed by atoms with E-state index >= 15 is 0 Å². The van der Waals surface area contributed by atoms with E-state index in [1.54, 1.807) is 4.90 Å². The Kier molecular flexibility index (Phi) is 6.01. The molecular formula is C23H32N4O. The molecule has 0 spiro atoms. The van der Waals surface area contributed by atoms with Crippen LogP contribution < -0.4 is 10.2 Å². The number of carbonyl (C=O) groups excluding carboxylic acids is 1. The summed E-state index contributed by atoms with van der Waals surface area (Å²) in [5, 5.41) is 3.28. The lowest BCUT2D eigenvalue weighted by Gasteiger charge is -2.22. The summed E-state index contributed by atoms with van der Waals surface area (Å²) in [7, 11) is 0. The SMILES string of the molecule is C1CCC1.CCNc1nc(C)nc2c1C(C)C(=O)N2c1c(C)cc(C)cc1C. The van der Waals surface area contributed by atoms with Gasteiger partial charge < -0.3 is 5.32 Å². The predicted molar refractivity (Wildman–Crippen MR) is 116 cm³/mol. The highest BCUT2D eigenvalue weighted by Crippen LogP contribution is 2.45. The van der Waals surface area contributed by atoms with Gasteiger partial charge in [-0.05, 0) is 52.7 Å². The maximum absolute atomic E-state index is 13.1. The Bertz CT molecular complexity index is 859. The van der Waals surface area contributed by atoms with Gasteiger partial charge in [0.05, 0.1) is 17.2 Å². The van der Waals surface area contributed by atoms with Crippen LogP contribution in [0.15, 0.2) is 12.1 Å². The molecular weight excluding hydrogens is 348 g/mol. The van der Waals surface area contributed by atoms with Crippen molar-refractivity contribution < 1.29 is 4.79 Å². The molecule has 1 N–H and O–H groups in total. The number of rotatable bonds is 3. The number of nitrogens with zero attached hydrogens (tertiary/aromatic N) is 3. The average Bonchev–Trinajstić information content (AvgIpc) is 2.78. The number of nitrogens with one attached hydrogen (secondary N) is 1. The highest BCUT2D eigenvalue weighted by molar-refractivity contribution is 6.11. The first-order valence-corrected chi connectivity index (χ1v) is 10.4. The van der Waals surface area contributed by atoms with Crippen molar-refractivity contribution in [1.29, 1.82) is 0 Å². The van der Waals surface area contributed by atoms with Gasteiger partial charge in [-0.2, -0.15) is 0 Å². The molecule has 2 heterocycles. The summed E-state index contributed by atoms with van der Waals surface area (Å²) >= 11 is 0. The summed E-state index contributed by atoms with van der Waals surface area (Å²) in [6.45, 7) is 12.7. The van der Waals surface area contributed by atoms with Crippen molar-refractivity contribution in [3.05, 3.63) is 40.2 Å². The fourth-order valence-corrected chi connectivity index (χ4v) is 3.85. The van der Waals surface area contributed by atoms with Gasteiger partial charge in [0.25, 0.3) is 0 Å². The van der Waals surface area contributed by atoms with Gasteiger partial charge in [-0.25, -0.2) is 9.97 Å². The molecule has 1 unspecified atom stereocenters. The number of fused-ring (bicyclic) bond motifs is 1. The van der Waals surface area contributed by atoms with Crippen LogP contribution in [0.3, 0.4) is 0 Å². The zero-order valence-electron chi connectivity index (χ0n) is 18.0. The minimum absolute atomic E-state index is 0.0547. The van der Waals surface area contributed by atoms with Crippen LogP contribution in [0.5, 0.6) is 0 Å². The fourth-order valence-electron chi connectivity index (χ4n) is 3.85. The number of hydrogen-bond acceptors (Lipinski definition) is 4. The molecule has 2 aromatic rings. The molecule has 150 valence electrons. The molecule has 1 aliphatic carbocycles. The van der Waals surface area contributed by atoms with E-state index in [2.05, 4.69) is 34.3 Å². The predicted octanol–water partition coefficient (Wildman–Crippen LogP) is 5.48. The van der Waals surface area contributed by atoms with Gasteiger partial charge in [-0.15, -0.1) is 0 Å². The third kappa shape index (κ3) is 3.75. The van der Waals surface area contributed by atoms with Crippen molar-refractivity contribution in [3.63, 3.8) is 0 Å². The van der Waals surface area contributed by atoms with E-state index in [1.807, 2.05) is 34.6 Å². The van der Waals surface area contributed by atoms with Crippen molar-refractivity contribution in [3.8, 4) is 0 Å². The van der Waals surface area contributed by atoms with Crippen molar-refractivity contribution in [2.45, 2.75) is 73.1 Å². The molecule has 1 atom stereocenters. The Morgan fingerprint density at radius 2 is 1.61 bits per heavy atom. The van der Waals surface area contributed by atoms with Crippen LogP contribution in [-0.4, -0.2) is 22.4 Å². The Hall–Kier alpha value is -2.43. The molecule has 5 heteroatoms. The molecule has 0 saturated heterocycles. The first-order chi connectivity index (χ1) is 13.3. The van der Waals surface area contributed by atoms with Crippen LogP contribution in [-0.2, 0) is 4.79 Å². The van der Waals surface area contributed by atoms with Crippen molar-refractivity contribution in [1.82, 2.24) is 9.97 Å². The normalized spacial score (nSPS) is 17.6. The molecule has 1 aliphatic heterocycles. The molecule has 5 nitrogen and oxygen atoms in total. The second-order valence-electron chi connectivity index (χ2n) is 7.94. The molecule has 0 radical (unpaired) electrons. The molecule has 4 rings (SSSR count). The van der Waals surface area contributed by atoms with Crippen LogP contribution in [0.4, 0.5) is 17.3 Å². The molecule has 0 bridgehead atoms. The molecule has 1 aromatic carbocycles. The van der Waals surface area contributed by atoms with Gasteiger partial charge in [0, 0.05) is 6.54 Å². The van der Waals surface area contributed by atoms with Gasteiger partial charge in [-0.1, -0.05) is 43.4 Å². The molecule has 1 fully saturated rings. The van der Waals surface area contributed by atoms with Crippen LogP contribution in [0, 0.1) is 27.7 Å². The standard InChI is InChI=1S/C19H24N4O.C4H8/c1-7-20-17-15-13(5)19(24)23(18(15)22-14(6)21-17)16-11(3)8-10(2)9-12(16)4;1-2-4-3-1/h8-9,13H,7H2,1-6H3,(H,20,21,22);1-4H2. The number of amides is 1. The largest absolute Gasteiger partial charge is 0.370 e. The van der Waals surface area contributed by atoms with Crippen LogP contribution in [0.25, 0.3) is 0 Å². The number of aryl methyl sites for hydroxylation is 4. The first kappa shape index (κ1) is 20.3. The van der Waals surface area contributed by atoms with Gasteiger partial charge in [-0.3, -0.25) is 9.69 Å². The third-order valence-corrected chi connectivity index (χ3v) is 5.48. The lowest BCUT2D eigenvalue weighted by atomic mass is 10.0. The minimum Gasteiger partial charge on any atom is -0.370 e. The van der Waals surface area contributed by atoms with E-state index in [1.165, 1.54) is 31.2 Å². The molecule has 28 heavy (non-hydrogen) atoms. The zero-order valence-corrected chi connectivity index (χ0v) is 18.0. The minimum atomic E-state index is -0.255. The Labute approximate surface area is 168 Å². The number of carbonyl (C=O) groups is 1. The molecule has 1 amide bonds. The van der Waals surface area contributed by atoms with Gasteiger partial charge >= 0.3 is 0 Å². The lowest BCUT2D eigenvalue weighted by Crippen LogP contribution is -2.25. The van der Waals surface area contributed by atoms with Crippen LogP contribution in [0.2, 0.25) is 0 Å². The molecule has 1 aromatic heterocycles. The lowest BCUT2D eigenvalue weighted by molar-refractivity contribution is -0.118. The Balaban J connectivity index is 0.000000500. The van der Waals surface area contributed by atoms with Crippen molar-refractivity contribution in [2.75, 3.05) is 16.8 Å². The topological polar surface area (TPSA) is 58.1 Å². The smallest absolute Gasteiger partial charge is 0.240 e. The Morgan fingerprint density at radius 1 is 1.04 bits per heavy atom. The molecule has 2 aliphatic rings. The van der Waals surface area contributed by atoms with Crippen LogP contribution in [0.1, 0.15) is 73.5 Å². The van der Waals surface area contributed by atoms with E-state index < -0.39 is 0 Å². The van der Waals surface area contributed by atoms with E-state index in [4.69, 9.17) is 0 Å². The summed E-state index contributed by atoms with van der Waals surface area (Å²) < 4.78 is 0. The summed E-state index contributed by atoms with van der Waals surface area (Å²) in [5.41, 5.74) is 5.20. The summed E-state index contributed by atoms with van der Waals surface area (Å²) in [5.74, 6) is 1.95. The first-order valence-electron chi connectivity index (χ1n) is 10.4. The number of aromatic nitrogens is 2. The monoisotopic (exact) mass is 380 g/mol. The molecule has 1 saturated carbocycles. The van der Waals surface area contributed by atoms with E-state index in [9.17, 15) is 4.79 Å². The number of anilines is 3. The van der Waals surface area contributed by atoms with Crippen molar-refractivity contribution >= 4 is 23.2 Å². The maximum atomic E-state index is 13.1. The second-order valence-corrected chi connectivity index (χ2v) is 7.94. The Morgan fingerprint density at radius 3 is 2.11 bits per heavy atom. The highest BCUT2D eigenvalue weighted by Gasteiger charge is 2.40. The van der Waals surface area contributed by atoms with Gasteiger partial charge in [0.15, 0.2) is 0 Å². The quantitative estimate of drug-likeness (QED) is 0.765. The summed E-state index contributed by atoms with van der Waals surface area (Å²) in [4.78, 5) is 23.9. The average molecular weight is 381 g/mol. The summed E-state index contributed by atoms with van der Waals surface area (Å²) in [6.07, 6.45) is 6.00. The van der Waals surface area contributed by atoms with Crippen molar-refractivity contribution in [2.24, 2.45) is 0 Å². The maximum Gasteiger partial charge on any atom is 0.240 e. The van der Waals surface area contributed by atoms with E-state index in [0.29, 0.717) is 11.6 Å². The van der Waals surface area contributed by atoms with E-state index in [-0.39, 0.29) is 11.8 Å². The van der Waals surface area contributed by atoms with E-state index in [0.717, 1.165) is 34.7 Å². The fraction of sp³-hybridized carbons (Fsp3) is 0.522. The van der Waals surface area contributed by atoms with Gasteiger partial charge in [0.2, 0.25) is 5.91 Å². The number of hydrogen-bond donors (Lipinski definition) is 1. The number of benzene rings is 1. The summed E-state index contributed by atoms with van der Waals surface area (Å²) in [6, 6.07) is 4.22. The van der Waals surface area contributed by atoms with Gasteiger partial charge in [0.1, 0.15) is 17.5 Å². The third-order valence-electron chi connectivity index (χ3n) is 5.48.